The quantitative estimate of drug-likeness (QED) is 0.542. The average molecular weight is 422 g/mol. The largest absolute Gasteiger partial charge is 0.497 e. The Labute approximate surface area is 164 Å². The fourth-order valence-corrected chi connectivity index (χ4v) is 3.52. The van der Waals surface area contributed by atoms with Crippen molar-refractivity contribution in [2.24, 2.45) is 0 Å². The maximum atomic E-state index is 12.3. The molecule has 0 aliphatic rings. The minimum absolute atomic E-state index is 0.583. The number of alkyl halides is 3. The van der Waals surface area contributed by atoms with Crippen LogP contribution in [0.5, 0.6) is 5.75 Å². The Morgan fingerprint density at radius 2 is 1.68 bits per heavy atom. The van der Waals surface area contributed by atoms with Crippen LogP contribution in [0.15, 0.2) is 59.5 Å². The van der Waals surface area contributed by atoms with Gasteiger partial charge in [0.1, 0.15) is 23.1 Å². The second-order valence-corrected chi connectivity index (χ2v) is 9.09. The first-order valence-corrected chi connectivity index (χ1v) is 9.97. The summed E-state index contributed by atoms with van der Waals surface area (Å²) >= 11 is 17.4. The van der Waals surface area contributed by atoms with Crippen LogP contribution in [0.4, 0.5) is 4.79 Å². The molecule has 1 N–H and O–H groups in total. The zero-order valence-corrected chi connectivity index (χ0v) is 16.6. The maximum Gasteiger partial charge on any atom is 0.450 e. The van der Waals surface area contributed by atoms with E-state index < -0.39 is 27.1 Å². The van der Waals surface area contributed by atoms with Gasteiger partial charge in [-0.15, -0.1) is 4.72 Å². The van der Waals surface area contributed by atoms with Gasteiger partial charge in [-0.1, -0.05) is 65.1 Å². The van der Waals surface area contributed by atoms with E-state index >= 15 is 0 Å². The summed E-state index contributed by atoms with van der Waals surface area (Å²) in [6.45, 7) is 0. The smallest absolute Gasteiger partial charge is 0.450 e. The van der Waals surface area contributed by atoms with E-state index in [0.29, 0.717) is 5.56 Å². The van der Waals surface area contributed by atoms with Crippen molar-refractivity contribution in [3.63, 3.8) is 0 Å². The number of hydrogen-bond acceptors (Lipinski definition) is 3. The molecule has 4 nitrogen and oxygen atoms in total. The third-order valence-electron chi connectivity index (χ3n) is 3.27. The zero-order valence-electron chi connectivity index (χ0n) is 13.5. The number of carbonyl (C=O) groups excluding carboxylic acids is 1. The molecule has 2 atom stereocenters. The van der Waals surface area contributed by atoms with Crippen molar-refractivity contribution in [3.05, 3.63) is 60.2 Å². The molecule has 0 saturated carbocycles. The molecule has 2 aromatic carbocycles. The summed E-state index contributed by atoms with van der Waals surface area (Å²) in [4.78, 5) is 13.2. The van der Waals surface area contributed by atoms with Gasteiger partial charge in [-0.3, -0.25) is 0 Å². The lowest BCUT2D eigenvalue weighted by molar-refractivity contribution is 0.105. The van der Waals surface area contributed by atoms with Gasteiger partial charge < -0.3 is 9.47 Å². The third-order valence-corrected chi connectivity index (χ3v) is 5.32. The fourth-order valence-electron chi connectivity index (χ4n) is 2.05. The maximum absolute atomic E-state index is 12.3. The molecule has 0 aliphatic carbocycles. The summed E-state index contributed by atoms with van der Waals surface area (Å²) in [6, 6.07) is 16.2. The minimum atomic E-state index is -1.79. The van der Waals surface area contributed by atoms with Gasteiger partial charge in [0.05, 0.1) is 7.11 Å². The number of hydrogen-bond donors (Lipinski definition) is 1. The molecule has 0 aliphatic heterocycles. The number of rotatable bonds is 5. The van der Waals surface area contributed by atoms with Gasteiger partial charge in [-0.05, 0) is 29.8 Å². The summed E-state index contributed by atoms with van der Waals surface area (Å²) in [5, 5.41) is 0. The van der Waals surface area contributed by atoms with E-state index in [1.165, 1.54) is 0 Å². The molecule has 2 rings (SSSR count). The van der Waals surface area contributed by atoms with Gasteiger partial charge in [0, 0.05) is 0 Å². The number of methoxy groups -OCH3 is 1. The molecule has 0 heterocycles. The molecule has 0 fully saturated rings. The Bertz CT molecular complexity index is 693. The molecule has 2 aromatic rings. The lowest BCUT2D eigenvalue weighted by Crippen LogP contribution is -2.34. The predicted molar refractivity (Wildman–Crippen MR) is 104 cm³/mol. The van der Waals surface area contributed by atoms with Crippen LogP contribution in [0.1, 0.15) is 11.7 Å². The Balaban J connectivity index is 2.05. The van der Waals surface area contributed by atoms with E-state index in [1.807, 2.05) is 36.6 Å². The molecule has 0 aromatic heterocycles. The van der Waals surface area contributed by atoms with E-state index in [1.54, 1.807) is 31.4 Å². The lowest BCUT2D eigenvalue weighted by atomic mass is 10.1. The van der Waals surface area contributed by atoms with E-state index in [-0.39, 0.29) is 0 Å². The van der Waals surface area contributed by atoms with Crippen LogP contribution in [0.25, 0.3) is 0 Å². The van der Waals surface area contributed by atoms with Crippen LogP contribution in [0.2, 0.25) is 0 Å². The van der Waals surface area contributed by atoms with Crippen molar-refractivity contribution in [2.75, 3.05) is 13.4 Å². The van der Waals surface area contributed by atoms with Crippen LogP contribution in [-0.2, 0) is 15.8 Å². The van der Waals surface area contributed by atoms with E-state index in [9.17, 15) is 4.79 Å². The second kappa shape index (κ2) is 8.90. The lowest BCUT2D eigenvalue weighted by Gasteiger charge is -2.24. The predicted octanol–water partition coefficient (Wildman–Crippen LogP) is 5.05. The molecule has 0 saturated heterocycles. The van der Waals surface area contributed by atoms with Gasteiger partial charge in [0.15, 0.2) is 11.0 Å². The normalized spacial score (nSPS) is 13.6. The van der Waals surface area contributed by atoms with Crippen LogP contribution >= 0.6 is 34.8 Å². The number of ether oxygens (including phenoxy) is 2. The number of halogens is 3. The molecule has 0 radical (unpaired) electrons. The Hall–Kier alpha value is -1.27. The molecule has 8 heteroatoms. The molecule has 25 heavy (non-hydrogen) atoms. The van der Waals surface area contributed by atoms with Crippen LogP contribution in [-0.4, -0.2) is 23.3 Å². The van der Waals surface area contributed by atoms with Gasteiger partial charge >= 0.3 is 6.09 Å². The third kappa shape index (κ3) is 5.89. The number of carbonyl (C=O) groups is 1. The van der Waals surface area contributed by atoms with Crippen molar-refractivity contribution >= 4 is 52.0 Å². The monoisotopic (exact) mass is 420 g/mol. The summed E-state index contributed by atoms with van der Waals surface area (Å²) in [7, 11) is 1.59. The highest BCUT2D eigenvalue weighted by Crippen LogP contribution is 2.42. The molecule has 134 valence electrons. The van der Waals surface area contributed by atoms with Crippen LogP contribution in [0.3, 0.4) is 0 Å². The summed E-state index contributed by atoms with van der Waals surface area (Å²) < 4.78 is 11.5. The first kappa shape index (κ1) is 20.0. The standard InChI is InChI=1S/C17H16Cl3NO3S/c1-23-13-8-10-14(11-9-13)25(2)21-16(22)24-15(17(18,19)20)12-6-4-3-5-7-12/h3-11,15H,1-2H3/p+1/t15-,25?/m0/s1. The first-order valence-electron chi connectivity index (χ1n) is 7.20. The van der Waals surface area contributed by atoms with Crippen molar-refractivity contribution < 1.29 is 14.3 Å². The highest BCUT2D eigenvalue weighted by Gasteiger charge is 2.38. The van der Waals surface area contributed by atoms with Crippen LogP contribution < -0.4 is 9.46 Å². The van der Waals surface area contributed by atoms with Crippen molar-refractivity contribution in [2.45, 2.75) is 14.8 Å². The average Bonchev–Trinajstić information content (AvgIpc) is 2.59. The zero-order chi connectivity index (χ0) is 18.4. The summed E-state index contributed by atoms with van der Waals surface area (Å²) in [6.07, 6.45) is 0.170. The minimum Gasteiger partial charge on any atom is -0.497 e. The summed E-state index contributed by atoms with van der Waals surface area (Å²) in [5.74, 6) is 0.740. The Morgan fingerprint density at radius 3 is 2.20 bits per heavy atom. The molecule has 1 unspecified atom stereocenters. The van der Waals surface area contributed by atoms with Crippen molar-refractivity contribution in [1.29, 1.82) is 0 Å². The molecular formula is C17H17Cl3NO3S+. The van der Waals surface area contributed by atoms with Gasteiger partial charge in [-0.2, -0.15) is 0 Å². The number of benzene rings is 2. The van der Waals surface area contributed by atoms with Crippen LogP contribution in [0, 0.1) is 0 Å². The Kier molecular flexibility index (Phi) is 7.14. The topological polar surface area (TPSA) is 47.6 Å². The second-order valence-electron chi connectivity index (χ2n) is 5.03. The van der Waals surface area contributed by atoms with Crippen molar-refractivity contribution in [3.8, 4) is 5.75 Å². The van der Waals surface area contributed by atoms with E-state index in [2.05, 4.69) is 4.72 Å². The molecule has 0 bridgehead atoms. The SMILES string of the molecule is COc1ccc([S+](C)NC(=O)O[C@@H](c2ccccc2)C(Cl)(Cl)Cl)cc1. The number of amides is 1. The number of nitrogens with one attached hydrogen (secondary N) is 1. The molecule has 0 spiro atoms. The highest BCUT2D eigenvalue weighted by molar-refractivity contribution is 7.94. The van der Waals surface area contributed by atoms with E-state index in [4.69, 9.17) is 44.3 Å². The molecule has 1 amide bonds. The Morgan fingerprint density at radius 1 is 1.08 bits per heavy atom. The molecular weight excluding hydrogens is 405 g/mol. The van der Waals surface area contributed by atoms with Gasteiger partial charge in [0.25, 0.3) is 0 Å². The van der Waals surface area contributed by atoms with Gasteiger partial charge in [0.2, 0.25) is 3.79 Å². The first-order chi connectivity index (χ1) is 11.8. The van der Waals surface area contributed by atoms with Crippen molar-refractivity contribution in [1.82, 2.24) is 4.72 Å². The highest BCUT2D eigenvalue weighted by atomic mass is 35.6. The van der Waals surface area contributed by atoms with E-state index in [0.717, 1.165) is 10.6 Å². The van der Waals surface area contributed by atoms with Gasteiger partial charge in [-0.25, -0.2) is 4.79 Å². The fraction of sp³-hybridized carbons (Fsp3) is 0.235. The summed E-state index contributed by atoms with van der Waals surface area (Å²) in [5.41, 5.74) is 0.595.